The molecule has 4 rings (SSSR count). The van der Waals surface area contributed by atoms with Crippen LogP contribution in [0.4, 0.5) is 13.2 Å². The number of carbonyl (C=O) groups is 1. The van der Waals surface area contributed by atoms with E-state index in [2.05, 4.69) is 5.32 Å². The molecule has 2 fully saturated rings. The third-order valence-electron chi connectivity index (χ3n) is 6.19. The number of β-amino-alcohol motifs (C(OH)–C–C–N with tert-alkyl or cyclic N) is 1. The lowest BCUT2D eigenvalue weighted by Gasteiger charge is -2.44. The Morgan fingerprint density at radius 1 is 1.03 bits per heavy atom. The molecule has 2 N–H and O–H groups in total. The van der Waals surface area contributed by atoms with Crippen LogP contribution in [-0.2, 0) is 27.4 Å². The van der Waals surface area contributed by atoms with E-state index < -0.39 is 17.7 Å². The van der Waals surface area contributed by atoms with Crippen molar-refractivity contribution >= 4 is 5.91 Å². The molecule has 0 spiro atoms. The number of ether oxygens (including phenoxy) is 2. The second-order valence-corrected chi connectivity index (χ2v) is 8.95. The van der Waals surface area contributed by atoms with Crippen LogP contribution in [0.25, 0.3) is 0 Å². The van der Waals surface area contributed by atoms with Crippen molar-refractivity contribution in [3.05, 3.63) is 71.0 Å². The van der Waals surface area contributed by atoms with E-state index in [1.165, 1.54) is 24.3 Å². The number of aliphatic hydroxyl groups is 1. The predicted octanol–water partition coefficient (Wildman–Crippen LogP) is 2.92. The van der Waals surface area contributed by atoms with Crippen LogP contribution in [-0.4, -0.2) is 60.0 Å². The number of amides is 1. The van der Waals surface area contributed by atoms with E-state index in [0.717, 1.165) is 6.07 Å². The van der Waals surface area contributed by atoms with Gasteiger partial charge in [0, 0.05) is 31.7 Å². The van der Waals surface area contributed by atoms with Crippen molar-refractivity contribution in [2.75, 3.05) is 19.8 Å². The Balaban J connectivity index is 1.36. The van der Waals surface area contributed by atoms with Crippen molar-refractivity contribution in [3.8, 4) is 0 Å². The first kappa shape index (κ1) is 24.7. The molecule has 2 aromatic carbocycles. The number of hydrogen-bond donors (Lipinski definition) is 2. The van der Waals surface area contributed by atoms with Crippen LogP contribution in [0, 0.1) is 17.5 Å². The minimum Gasteiger partial charge on any atom is -0.389 e. The molecule has 2 heterocycles. The third kappa shape index (κ3) is 6.79. The molecule has 0 bridgehead atoms. The SMILES string of the molecule is O=C(C[C@@H]1CC[C@@H]2[C@H](COC[C@@H](O)CN2Cc2cc(F)cc(F)c2)O1)NCc1cccc(F)c1. The molecule has 2 aliphatic rings. The van der Waals surface area contributed by atoms with Gasteiger partial charge in [-0.25, -0.2) is 13.2 Å². The van der Waals surface area contributed by atoms with Crippen molar-refractivity contribution < 1.29 is 32.5 Å². The van der Waals surface area contributed by atoms with Gasteiger partial charge in [-0.15, -0.1) is 0 Å². The highest BCUT2D eigenvalue weighted by Crippen LogP contribution is 2.29. The zero-order chi connectivity index (χ0) is 24.1. The van der Waals surface area contributed by atoms with Gasteiger partial charge in [0.05, 0.1) is 37.9 Å². The van der Waals surface area contributed by atoms with E-state index in [0.29, 0.717) is 24.0 Å². The van der Waals surface area contributed by atoms with E-state index in [1.54, 1.807) is 12.1 Å². The summed E-state index contributed by atoms with van der Waals surface area (Å²) in [6.07, 6.45) is 0.0662. The highest BCUT2D eigenvalue weighted by Gasteiger charge is 2.38. The van der Waals surface area contributed by atoms with Gasteiger partial charge in [-0.3, -0.25) is 9.69 Å². The average Bonchev–Trinajstić information content (AvgIpc) is 2.76. The second kappa shape index (κ2) is 11.3. The molecule has 9 heteroatoms. The van der Waals surface area contributed by atoms with Gasteiger partial charge in [0.2, 0.25) is 5.91 Å². The predicted molar refractivity (Wildman–Crippen MR) is 118 cm³/mol. The Morgan fingerprint density at radius 3 is 2.56 bits per heavy atom. The number of aliphatic hydroxyl groups excluding tert-OH is 1. The Hall–Kier alpha value is -2.46. The highest BCUT2D eigenvalue weighted by atomic mass is 19.1. The van der Waals surface area contributed by atoms with Gasteiger partial charge in [0.25, 0.3) is 0 Å². The van der Waals surface area contributed by atoms with Crippen LogP contribution in [0.1, 0.15) is 30.4 Å². The first-order chi connectivity index (χ1) is 16.4. The summed E-state index contributed by atoms with van der Waals surface area (Å²) in [4.78, 5) is 14.4. The number of carbonyl (C=O) groups excluding carboxylic acids is 1. The molecule has 2 aliphatic heterocycles. The van der Waals surface area contributed by atoms with Gasteiger partial charge in [-0.2, -0.15) is 0 Å². The van der Waals surface area contributed by atoms with Gasteiger partial charge in [-0.05, 0) is 48.2 Å². The summed E-state index contributed by atoms with van der Waals surface area (Å²) in [7, 11) is 0. The highest BCUT2D eigenvalue weighted by molar-refractivity contribution is 5.76. The number of benzene rings is 2. The molecule has 0 unspecified atom stereocenters. The molecular formula is C25H29F3N2O4. The number of hydrogen-bond acceptors (Lipinski definition) is 5. The summed E-state index contributed by atoms with van der Waals surface area (Å²) in [5.41, 5.74) is 1.15. The number of nitrogens with one attached hydrogen (secondary N) is 1. The summed E-state index contributed by atoms with van der Waals surface area (Å²) < 4.78 is 52.5. The number of halogens is 3. The molecule has 2 saturated heterocycles. The molecule has 0 saturated carbocycles. The first-order valence-corrected chi connectivity index (χ1v) is 11.5. The molecule has 2 aromatic rings. The maximum Gasteiger partial charge on any atom is 0.222 e. The number of nitrogens with zero attached hydrogens (tertiary/aromatic N) is 1. The lowest BCUT2D eigenvalue weighted by Crippen LogP contribution is -2.55. The summed E-state index contributed by atoms with van der Waals surface area (Å²) in [5, 5.41) is 13.1. The van der Waals surface area contributed by atoms with Gasteiger partial charge in [0.15, 0.2) is 0 Å². The van der Waals surface area contributed by atoms with Crippen LogP contribution in [0.3, 0.4) is 0 Å². The first-order valence-electron chi connectivity index (χ1n) is 11.5. The average molecular weight is 479 g/mol. The normalized spacial score (nSPS) is 25.8. The second-order valence-electron chi connectivity index (χ2n) is 8.95. The lowest BCUT2D eigenvalue weighted by molar-refractivity contribution is -0.158. The minimum atomic E-state index is -0.731. The van der Waals surface area contributed by atoms with E-state index in [9.17, 15) is 23.1 Å². The fourth-order valence-corrected chi connectivity index (χ4v) is 4.69. The summed E-state index contributed by atoms with van der Waals surface area (Å²) in [6.45, 7) is 1.14. The smallest absolute Gasteiger partial charge is 0.222 e. The van der Waals surface area contributed by atoms with E-state index in [1.807, 2.05) is 4.90 Å². The zero-order valence-corrected chi connectivity index (χ0v) is 18.8. The number of rotatable bonds is 6. The van der Waals surface area contributed by atoms with Crippen molar-refractivity contribution in [3.63, 3.8) is 0 Å². The maximum atomic E-state index is 13.7. The van der Waals surface area contributed by atoms with Crippen molar-refractivity contribution in [1.29, 1.82) is 0 Å². The van der Waals surface area contributed by atoms with Gasteiger partial charge >= 0.3 is 0 Å². The number of fused-ring (bicyclic) bond motifs is 1. The van der Waals surface area contributed by atoms with Crippen LogP contribution >= 0.6 is 0 Å². The molecule has 4 atom stereocenters. The Kier molecular flexibility index (Phi) is 8.20. The Bertz CT molecular complexity index is 972. The molecule has 6 nitrogen and oxygen atoms in total. The van der Waals surface area contributed by atoms with Crippen molar-refractivity contribution in [1.82, 2.24) is 10.2 Å². The van der Waals surface area contributed by atoms with Crippen LogP contribution < -0.4 is 5.32 Å². The monoisotopic (exact) mass is 478 g/mol. The maximum absolute atomic E-state index is 13.7. The van der Waals surface area contributed by atoms with Crippen LogP contribution in [0.15, 0.2) is 42.5 Å². The quantitative estimate of drug-likeness (QED) is 0.668. The van der Waals surface area contributed by atoms with Crippen molar-refractivity contribution in [2.24, 2.45) is 0 Å². The van der Waals surface area contributed by atoms with Gasteiger partial charge in [-0.1, -0.05) is 12.1 Å². The van der Waals surface area contributed by atoms with E-state index in [-0.39, 0.29) is 69.2 Å². The molecule has 34 heavy (non-hydrogen) atoms. The molecule has 0 radical (unpaired) electrons. The Morgan fingerprint density at radius 2 is 1.79 bits per heavy atom. The standard InChI is InChI=1S/C25H29F3N2O4/c26-18-3-1-2-16(6-18)11-29-25(32)10-22-4-5-23-24(34-22)15-33-14-21(31)13-30(23)12-17-7-19(27)9-20(28)8-17/h1-3,6-9,21-24,31H,4-5,10-15H2,(H,29,32)/t21-,22-,23+,24-/m0/s1. The van der Waals surface area contributed by atoms with Crippen LogP contribution in [0.5, 0.6) is 0 Å². The molecule has 1 amide bonds. The summed E-state index contributed by atoms with van der Waals surface area (Å²) in [6, 6.07) is 9.33. The summed E-state index contributed by atoms with van der Waals surface area (Å²) in [5.74, 6) is -1.84. The van der Waals surface area contributed by atoms with Gasteiger partial charge in [0.1, 0.15) is 17.5 Å². The fourth-order valence-electron chi connectivity index (χ4n) is 4.69. The van der Waals surface area contributed by atoms with Crippen LogP contribution in [0.2, 0.25) is 0 Å². The van der Waals surface area contributed by atoms with Gasteiger partial charge < -0.3 is 19.9 Å². The fraction of sp³-hybridized carbons (Fsp3) is 0.480. The molecule has 184 valence electrons. The third-order valence-corrected chi connectivity index (χ3v) is 6.19. The Labute approximate surface area is 196 Å². The molecular weight excluding hydrogens is 449 g/mol. The minimum absolute atomic E-state index is 0.124. The zero-order valence-electron chi connectivity index (χ0n) is 18.8. The largest absolute Gasteiger partial charge is 0.389 e. The lowest BCUT2D eigenvalue weighted by atomic mass is 9.94. The van der Waals surface area contributed by atoms with Crippen molar-refractivity contribution in [2.45, 2.75) is 56.7 Å². The topological polar surface area (TPSA) is 71.0 Å². The molecule has 0 aromatic heterocycles. The van der Waals surface area contributed by atoms with E-state index >= 15 is 0 Å². The molecule has 0 aliphatic carbocycles. The van der Waals surface area contributed by atoms with E-state index in [4.69, 9.17) is 9.47 Å². The summed E-state index contributed by atoms with van der Waals surface area (Å²) >= 11 is 0.